The molecule has 0 radical (unpaired) electrons. The van der Waals surface area contributed by atoms with Gasteiger partial charge in [-0.05, 0) is 6.07 Å². The van der Waals surface area contributed by atoms with Crippen LogP contribution >= 0.6 is 0 Å². The van der Waals surface area contributed by atoms with Crippen molar-refractivity contribution in [3.8, 4) is 0 Å². The molecule has 0 aliphatic carbocycles. The molecule has 2 fully saturated rings. The minimum absolute atomic E-state index is 0.251. The lowest BCUT2D eigenvalue weighted by Crippen LogP contribution is -2.48. The van der Waals surface area contributed by atoms with Crippen LogP contribution in [0.5, 0.6) is 0 Å². The molecule has 100 valence electrons. The van der Waals surface area contributed by atoms with Gasteiger partial charge >= 0.3 is 0 Å². The maximum atomic E-state index is 10.2. The van der Waals surface area contributed by atoms with Crippen LogP contribution in [0.1, 0.15) is 5.56 Å². The van der Waals surface area contributed by atoms with E-state index in [-0.39, 0.29) is 12.1 Å². The van der Waals surface area contributed by atoms with Gasteiger partial charge in [-0.2, -0.15) is 0 Å². The Hall–Kier alpha value is -0.880. The molecule has 0 aromatic carbocycles. The average molecular weight is 252 g/mol. The number of furan rings is 1. The molecular weight excluding hydrogens is 232 g/mol. The van der Waals surface area contributed by atoms with E-state index >= 15 is 0 Å². The van der Waals surface area contributed by atoms with Crippen molar-refractivity contribution >= 4 is 0 Å². The molecular formula is C13H20N2O3. The summed E-state index contributed by atoms with van der Waals surface area (Å²) in [7, 11) is 0. The first-order chi connectivity index (χ1) is 8.83. The molecule has 2 aliphatic heterocycles. The standard InChI is InChI=1S/C13H20N2O3/c16-13-9-14(7-11-1-4-18-10-11)8-12(13)15-2-5-17-6-3-15/h1,4,10,12-13,16H,2-3,5-9H2/t12-,13-/m0/s1. The summed E-state index contributed by atoms with van der Waals surface area (Å²) in [5.74, 6) is 0. The smallest absolute Gasteiger partial charge is 0.0947 e. The van der Waals surface area contributed by atoms with E-state index in [9.17, 15) is 5.11 Å². The number of morpholine rings is 1. The summed E-state index contributed by atoms with van der Waals surface area (Å²) in [6, 6.07) is 2.23. The minimum atomic E-state index is -0.255. The number of hydrogen-bond acceptors (Lipinski definition) is 5. The molecule has 2 saturated heterocycles. The third-order valence-corrected chi connectivity index (χ3v) is 3.84. The van der Waals surface area contributed by atoms with E-state index < -0.39 is 0 Å². The van der Waals surface area contributed by atoms with E-state index in [1.54, 1.807) is 12.5 Å². The van der Waals surface area contributed by atoms with Gasteiger partial charge in [-0.3, -0.25) is 9.80 Å². The Labute approximate surface area is 107 Å². The van der Waals surface area contributed by atoms with E-state index in [1.165, 1.54) is 5.56 Å². The van der Waals surface area contributed by atoms with Gasteiger partial charge in [-0.15, -0.1) is 0 Å². The molecule has 0 saturated carbocycles. The van der Waals surface area contributed by atoms with Crippen molar-refractivity contribution in [1.82, 2.24) is 9.80 Å². The van der Waals surface area contributed by atoms with Gasteiger partial charge in [0.2, 0.25) is 0 Å². The maximum absolute atomic E-state index is 10.2. The normalized spacial score (nSPS) is 30.9. The molecule has 2 atom stereocenters. The van der Waals surface area contributed by atoms with Crippen LogP contribution in [-0.2, 0) is 11.3 Å². The zero-order valence-electron chi connectivity index (χ0n) is 10.5. The predicted octanol–water partition coefficient (Wildman–Crippen LogP) is 0.157. The first kappa shape index (κ1) is 12.2. The van der Waals surface area contributed by atoms with Crippen LogP contribution in [0.2, 0.25) is 0 Å². The van der Waals surface area contributed by atoms with Crippen LogP contribution in [-0.4, -0.2) is 66.4 Å². The minimum Gasteiger partial charge on any atom is -0.472 e. The number of aliphatic hydroxyl groups excluding tert-OH is 1. The lowest BCUT2D eigenvalue weighted by Gasteiger charge is -2.33. The van der Waals surface area contributed by atoms with Crippen molar-refractivity contribution in [3.05, 3.63) is 24.2 Å². The average Bonchev–Trinajstić information content (AvgIpc) is 3.01. The molecule has 18 heavy (non-hydrogen) atoms. The van der Waals surface area contributed by atoms with Crippen molar-refractivity contribution in [2.75, 3.05) is 39.4 Å². The molecule has 5 nitrogen and oxygen atoms in total. The van der Waals surface area contributed by atoms with Crippen molar-refractivity contribution in [2.24, 2.45) is 0 Å². The molecule has 0 bridgehead atoms. The van der Waals surface area contributed by atoms with Crippen LogP contribution in [0, 0.1) is 0 Å². The summed E-state index contributed by atoms with van der Waals surface area (Å²) in [6.07, 6.45) is 3.21. The second kappa shape index (κ2) is 5.40. The van der Waals surface area contributed by atoms with Crippen LogP contribution in [0.15, 0.2) is 23.0 Å². The second-order valence-corrected chi connectivity index (χ2v) is 5.11. The van der Waals surface area contributed by atoms with Crippen molar-refractivity contribution in [1.29, 1.82) is 0 Å². The number of ether oxygens (including phenoxy) is 1. The topological polar surface area (TPSA) is 49.1 Å². The molecule has 1 aromatic rings. The summed E-state index contributed by atoms with van der Waals surface area (Å²) in [6.45, 7) is 5.95. The SMILES string of the molecule is O[C@H]1CN(Cc2ccoc2)C[C@@H]1N1CCOCC1. The van der Waals surface area contributed by atoms with Gasteiger partial charge in [0.25, 0.3) is 0 Å². The predicted molar refractivity (Wildman–Crippen MR) is 66.2 cm³/mol. The lowest BCUT2D eigenvalue weighted by molar-refractivity contribution is -0.00618. The highest BCUT2D eigenvalue weighted by molar-refractivity contribution is 5.06. The van der Waals surface area contributed by atoms with Crippen LogP contribution in [0.25, 0.3) is 0 Å². The van der Waals surface area contributed by atoms with Crippen LogP contribution < -0.4 is 0 Å². The number of likely N-dealkylation sites (tertiary alicyclic amines) is 1. The van der Waals surface area contributed by atoms with Gasteiger partial charge in [0.05, 0.1) is 31.8 Å². The van der Waals surface area contributed by atoms with Gasteiger partial charge in [0.1, 0.15) is 0 Å². The molecule has 3 rings (SSSR count). The number of hydrogen-bond donors (Lipinski definition) is 1. The third-order valence-electron chi connectivity index (χ3n) is 3.84. The summed E-state index contributed by atoms with van der Waals surface area (Å²) >= 11 is 0. The van der Waals surface area contributed by atoms with E-state index in [2.05, 4.69) is 9.80 Å². The number of rotatable bonds is 3. The molecule has 0 unspecified atom stereocenters. The number of β-amino-alcohol motifs (C(OH)–C–C–N with tert-alkyl or cyclic N) is 1. The summed E-state index contributed by atoms with van der Waals surface area (Å²) in [4.78, 5) is 4.64. The Morgan fingerprint density at radius 2 is 2.11 bits per heavy atom. The number of nitrogens with zero attached hydrogens (tertiary/aromatic N) is 2. The fourth-order valence-corrected chi connectivity index (χ4v) is 2.88. The van der Waals surface area contributed by atoms with Crippen LogP contribution in [0.4, 0.5) is 0 Å². The Kier molecular flexibility index (Phi) is 3.65. The largest absolute Gasteiger partial charge is 0.472 e. The molecule has 0 spiro atoms. The van der Waals surface area contributed by atoms with E-state index in [0.717, 1.165) is 45.9 Å². The highest BCUT2D eigenvalue weighted by atomic mass is 16.5. The summed E-state index contributed by atoms with van der Waals surface area (Å²) in [5, 5.41) is 10.2. The molecule has 1 N–H and O–H groups in total. The molecule has 2 aliphatic rings. The molecule has 0 amide bonds. The molecule has 3 heterocycles. The second-order valence-electron chi connectivity index (χ2n) is 5.11. The zero-order valence-corrected chi connectivity index (χ0v) is 10.5. The Morgan fingerprint density at radius 3 is 2.83 bits per heavy atom. The maximum Gasteiger partial charge on any atom is 0.0947 e. The number of aliphatic hydroxyl groups is 1. The van der Waals surface area contributed by atoms with E-state index in [1.807, 2.05) is 6.07 Å². The van der Waals surface area contributed by atoms with Gasteiger partial charge in [0, 0.05) is 44.3 Å². The van der Waals surface area contributed by atoms with Gasteiger partial charge in [-0.1, -0.05) is 0 Å². The fraction of sp³-hybridized carbons (Fsp3) is 0.692. The monoisotopic (exact) mass is 252 g/mol. The third kappa shape index (κ3) is 2.59. The lowest BCUT2D eigenvalue weighted by atomic mass is 10.1. The summed E-state index contributed by atoms with van der Waals surface area (Å²) < 4.78 is 10.4. The first-order valence-electron chi connectivity index (χ1n) is 6.56. The van der Waals surface area contributed by atoms with Gasteiger partial charge in [-0.25, -0.2) is 0 Å². The van der Waals surface area contributed by atoms with Crippen molar-refractivity contribution < 1.29 is 14.3 Å². The molecule has 5 heteroatoms. The van der Waals surface area contributed by atoms with E-state index in [4.69, 9.17) is 9.15 Å². The summed E-state index contributed by atoms with van der Waals surface area (Å²) in [5.41, 5.74) is 1.17. The first-order valence-corrected chi connectivity index (χ1v) is 6.56. The highest BCUT2D eigenvalue weighted by Crippen LogP contribution is 2.19. The Morgan fingerprint density at radius 1 is 1.28 bits per heavy atom. The Bertz CT molecular complexity index is 362. The van der Waals surface area contributed by atoms with Gasteiger partial charge in [0.15, 0.2) is 0 Å². The highest BCUT2D eigenvalue weighted by Gasteiger charge is 2.35. The van der Waals surface area contributed by atoms with Gasteiger partial charge < -0.3 is 14.3 Å². The quantitative estimate of drug-likeness (QED) is 0.830. The zero-order chi connectivity index (χ0) is 12.4. The Balaban J connectivity index is 1.57. The van der Waals surface area contributed by atoms with Crippen molar-refractivity contribution in [3.63, 3.8) is 0 Å². The fourth-order valence-electron chi connectivity index (χ4n) is 2.88. The molecule has 1 aromatic heterocycles. The van der Waals surface area contributed by atoms with Crippen molar-refractivity contribution in [2.45, 2.75) is 18.7 Å². The van der Waals surface area contributed by atoms with E-state index in [0.29, 0.717) is 0 Å². The van der Waals surface area contributed by atoms with Crippen LogP contribution in [0.3, 0.4) is 0 Å².